The molecule has 1 aliphatic heterocycles. The van der Waals surface area contributed by atoms with Gasteiger partial charge in [-0.05, 0) is 32.4 Å². The van der Waals surface area contributed by atoms with Crippen molar-refractivity contribution >= 4 is 14.5 Å². The molecule has 0 bridgehead atoms. The molecule has 1 aromatic carbocycles. The van der Waals surface area contributed by atoms with Crippen molar-refractivity contribution < 1.29 is 23.3 Å². The van der Waals surface area contributed by atoms with Crippen molar-refractivity contribution in [3.8, 4) is 5.75 Å². The Bertz CT molecular complexity index is 1010. The summed E-state index contributed by atoms with van der Waals surface area (Å²) in [7, 11) is -0.394. The average molecular weight is 465 g/mol. The van der Waals surface area contributed by atoms with E-state index < -0.39 is 44.1 Å². The van der Waals surface area contributed by atoms with Gasteiger partial charge in [-0.25, -0.2) is 9.88 Å². The predicted octanol–water partition coefficient (Wildman–Crippen LogP) is 2.32. The van der Waals surface area contributed by atoms with E-state index in [2.05, 4.69) is 10.1 Å². The second-order valence-electron chi connectivity index (χ2n) is 7.64. The molecule has 6 atom stereocenters. The van der Waals surface area contributed by atoms with Crippen LogP contribution in [-0.2, 0) is 18.8 Å². The largest absolute Gasteiger partial charge is 0.468 e. The SMILES string of the molecule is COC(=O)C(C)NP(Oc1ccccc1)OC(C)C1CC(C)C(n2ccc(=O)[nH]c2=O)O1. The molecule has 0 aliphatic carbocycles. The van der Waals surface area contributed by atoms with Crippen LogP contribution in [-0.4, -0.2) is 40.9 Å². The highest BCUT2D eigenvalue weighted by atomic mass is 31.2. The second kappa shape index (κ2) is 10.9. The Kier molecular flexibility index (Phi) is 8.20. The lowest BCUT2D eigenvalue weighted by molar-refractivity contribution is -0.142. The highest BCUT2D eigenvalue weighted by Crippen LogP contribution is 2.42. The molecule has 0 radical (unpaired) electrons. The van der Waals surface area contributed by atoms with Gasteiger partial charge in [-0.15, -0.1) is 0 Å². The van der Waals surface area contributed by atoms with Crippen molar-refractivity contribution in [1.29, 1.82) is 0 Å². The number of hydrogen-bond donors (Lipinski definition) is 2. The van der Waals surface area contributed by atoms with Crippen LogP contribution in [0.4, 0.5) is 0 Å². The van der Waals surface area contributed by atoms with Crippen molar-refractivity contribution in [3.63, 3.8) is 0 Å². The van der Waals surface area contributed by atoms with Gasteiger partial charge in [-0.1, -0.05) is 25.1 Å². The van der Waals surface area contributed by atoms with Crippen LogP contribution in [0.25, 0.3) is 0 Å². The molecule has 3 rings (SSSR count). The quantitative estimate of drug-likeness (QED) is 0.428. The third-order valence-electron chi connectivity index (χ3n) is 5.10. The standard InChI is InChI=1S/C21H28N3O7P/c1-13-12-17(29-19(13)24-11-10-18(25)22-21(24)27)15(3)30-32(23-14(2)20(26)28-4)31-16-8-6-5-7-9-16/h5-11,13-15,17,19,23H,12H2,1-4H3,(H,22,25,27). The van der Waals surface area contributed by atoms with E-state index in [0.29, 0.717) is 12.2 Å². The number of methoxy groups -OCH3 is 1. The van der Waals surface area contributed by atoms with Gasteiger partial charge in [-0.3, -0.25) is 19.1 Å². The molecule has 6 unspecified atom stereocenters. The number of para-hydroxylation sites is 1. The molecule has 0 amide bonds. The summed E-state index contributed by atoms with van der Waals surface area (Å²) < 4.78 is 24.4. The number of hydrogen-bond acceptors (Lipinski definition) is 8. The van der Waals surface area contributed by atoms with E-state index in [1.54, 1.807) is 19.1 Å². The van der Waals surface area contributed by atoms with Crippen LogP contribution in [0.3, 0.4) is 0 Å². The molecule has 32 heavy (non-hydrogen) atoms. The van der Waals surface area contributed by atoms with Gasteiger partial charge in [0.1, 0.15) is 18.0 Å². The summed E-state index contributed by atoms with van der Waals surface area (Å²) in [5, 5.41) is 3.04. The molecule has 0 saturated carbocycles. The number of benzene rings is 1. The molecule has 1 aliphatic rings. The fourth-order valence-corrected chi connectivity index (χ4v) is 4.71. The third-order valence-corrected chi connectivity index (χ3v) is 6.60. The lowest BCUT2D eigenvalue weighted by atomic mass is 10.0. The van der Waals surface area contributed by atoms with E-state index in [9.17, 15) is 14.4 Å². The van der Waals surface area contributed by atoms with Crippen molar-refractivity contribution in [3.05, 3.63) is 63.4 Å². The molecule has 2 aromatic rings. The van der Waals surface area contributed by atoms with E-state index in [-0.39, 0.29) is 12.0 Å². The molecule has 2 heterocycles. The Morgan fingerprint density at radius 1 is 1.25 bits per heavy atom. The summed E-state index contributed by atoms with van der Waals surface area (Å²) in [6, 6.07) is 9.78. The zero-order valence-corrected chi connectivity index (χ0v) is 19.3. The van der Waals surface area contributed by atoms with Gasteiger partial charge in [0.25, 0.3) is 5.56 Å². The number of nitrogens with zero attached hydrogens (tertiary/aromatic N) is 1. The predicted molar refractivity (Wildman–Crippen MR) is 118 cm³/mol. The number of rotatable bonds is 9. The smallest absolute Gasteiger partial charge is 0.330 e. The summed E-state index contributed by atoms with van der Waals surface area (Å²) in [6.45, 7) is 5.48. The number of carbonyl (C=O) groups excluding carboxylic acids is 1. The summed E-state index contributed by atoms with van der Waals surface area (Å²) >= 11 is 0. The van der Waals surface area contributed by atoms with Gasteiger partial charge >= 0.3 is 20.2 Å². The van der Waals surface area contributed by atoms with E-state index >= 15 is 0 Å². The van der Waals surface area contributed by atoms with Crippen molar-refractivity contribution in [2.24, 2.45) is 5.92 Å². The summed E-state index contributed by atoms with van der Waals surface area (Å²) in [5.74, 6) is 0.167. The Labute approximate surface area is 186 Å². The lowest BCUT2D eigenvalue weighted by Crippen LogP contribution is -2.35. The first-order valence-electron chi connectivity index (χ1n) is 10.3. The fourth-order valence-electron chi connectivity index (χ4n) is 3.38. The van der Waals surface area contributed by atoms with E-state index in [1.165, 1.54) is 23.9 Å². The van der Waals surface area contributed by atoms with E-state index in [4.69, 9.17) is 18.5 Å². The Morgan fingerprint density at radius 3 is 2.62 bits per heavy atom. The Morgan fingerprint density at radius 2 is 1.97 bits per heavy atom. The highest BCUT2D eigenvalue weighted by Gasteiger charge is 2.39. The molecule has 1 saturated heterocycles. The summed E-state index contributed by atoms with van der Waals surface area (Å²) in [5.41, 5.74) is -0.980. The maximum Gasteiger partial charge on any atom is 0.330 e. The molecule has 1 fully saturated rings. The monoisotopic (exact) mass is 465 g/mol. The summed E-state index contributed by atoms with van der Waals surface area (Å²) in [4.78, 5) is 37.6. The van der Waals surface area contributed by atoms with Gasteiger partial charge in [0, 0.05) is 18.2 Å². The number of carbonyl (C=O) groups is 1. The minimum absolute atomic E-state index is 0.0119. The normalized spacial score (nSPS) is 23.3. The van der Waals surface area contributed by atoms with Crippen LogP contribution in [0, 0.1) is 5.92 Å². The van der Waals surface area contributed by atoms with Crippen molar-refractivity contribution in [1.82, 2.24) is 14.6 Å². The Balaban J connectivity index is 1.70. The van der Waals surface area contributed by atoms with Gasteiger partial charge in [0.15, 0.2) is 0 Å². The molecule has 0 spiro atoms. The number of nitrogens with one attached hydrogen (secondary N) is 2. The van der Waals surface area contributed by atoms with Crippen LogP contribution < -0.4 is 20.9 Å². The van der Waals surface area contributed by atoms with Crippen molar-refractivity contribution in [2.45, 2.75) is 51.7 Å². The van der Waals surface area contributed by atoms with Gasteiger partial charge in [0.2, 0.25) is 0 Å². The number of esters is 1. The van der Waals surface area contributed by atoms with Crippen LogP contribution in [0.2, 0.25) is 0 Å². The van der Waals surface area contributed by atoms with Crippen LogP contribution >= 0.6 is 8.53 Å². The minimum atomic E-state index is -1.71. The van der Waals surface area contributed by atoms with Gasteiger partial charge in [-0.2, -0.15) is 0 Å². The molecule has 174 valence electrons. The first-order chi connectivity index (χ1) is 15.3. The minimum Gasteiger partial charge on any atom is -0.468 e. The molecular formula is C21H28N3O7P. The molecule has 10 nitrogen and oxygen atoms in total. The maximum absolute atomic E-state index is 12.2. The van der Waals surface area contributed by atoms with Crippen LogP contribution in [0.5, 0.6) is 5.75 Å². The number of aromatic amines is 1. The zero-order chi connectivity index (χ0) is 23.3. The van der Waals surface area contributed by atoms with Crippen LogP contribution in [0.1, 0.15) is 33.4 Å². The third kappa shape index (κ3) is 6.04. The van der Waals surface area contributed by atoms with E-state index in [1.807, 2.05) is 32.0 Å². The fraction of sp³-hybridized carbons (Fsp3) is 0.476. The second-order valence-corrected chi connectivity index (χ2v) is 8.81. The van der Waals surface area contributed by atoms with E-state index in [0.717, 1.165) is 0 Å². The average Bonchev–Trinajstić information content (AvgIpc) is 3.15. The molecule has 2 N–H and O–H groups in total. The highest BCUT2D eigenvalue weighted by molar-refractivity contribution is 7.45. The number of ether oxygens (including phenoxy) is 2. The first-order valence-corrected chi connectivity index (χ1v) is 11.5. The van der Waals surface area contributed by atoms with Crippen molar-refractivity contribution in [2.75, 3.05) is 7.11 Å². The van der Waals surface area contributed by atoms with Gasteiger partial charge < -0.3 is 18.5 Å². The molecule has 11 heteroatoms. The summed E-state index contributed by atoms with van der Waals surface area (Å²) in [6.07, 6.45) is 0.805. The topological polar surface area (TPSA) is 121 Å². The molecular weight excluding hydrogens is 437 g/mol. The maximum atomic E-state index is 12.2. The number of aromatic nitrogens is 2. The first kappa shape index (κ1) is 24.1. The lowest BCUT2D eigenvalue weighted by Gasteiger charge is -2.27. The Hall–Kier alpha value is -2.52. The van der Waals surface area contributed by atoms with Gasteiger partial charge in [0.05, 0.1) is 19.3 Å². The molecule has 1 aromatic heterocycles. The zero-order valence-electron chi connectivity index (χ0n) is 18.4. The number of H-pyrrole nitrogens is 1. The van der Waals surface area contributed by atoms with Crippen LogP contribution in [0.15, 0.2) is 52.2 Å².